The number of aryl methyl sites for hydroxylation is 1. The molecule has 0 aliphatic rings. The molecule has 0 aromatic heterocycles. The molecule has 0 fully saturated rings. The molecular weight excluding hydrogens is 502 g/mol. The molecule has 2 amide bonds. The van der Waals surface area contributed by atoms with Crippen LogP contribution in [-0.2, 0) is 26.2 Å². The molecule has 198 valence electrons. The molecule has 0 heterocycles. The summed E-state index contributed by atoms with van der Waals surface area (Å²) in [7, 11) is -2.15. The van der Waals surface area contributed by atoms with Crippen molar-refractivity contribution in [2.75, 3.05) is 24.2 Å². The average Bonchev–Trinajstić information content (AvgIpc) is 2.79. The maximum atomic E-state index is 13.3. The van der Waals surface area contributed by atoms with E-state index in [0.29, 0.717) is 11.4 Å². The maximum absolute atomic E-state index is 13.3. The zero-order chi connectivity index (χ0) is 27.0. The quantitative estimate of drug-likeness (QED) is 0.439. The highest BCUT2D eigenvalue weighted by molar-refractivity contribution is 7.92. The second kappa shape index (κ2) is 13.0. The van der Waals surface area contributed by atoms with Crippen molar-refractivity contribution in [2.45, 2.75) is 59.2 Å². The number of halogens is 1. The molecule has 1 atom stereocenters. The average molecular weight is 538 g/mol. The van der Waals surface area contributed by atoms with Gasteiger partial charge >= 0.3 is 0 Å². The Balaban J connectivity index is 2.18. The van der Waals surface area contributed by atoms with Crippen LogP contribution in [0.2, 0.25) is 5.02 Å². The number of sulfonamides is 1. The van der Waals surface area contributed by atoms with Crippen LogP contribution < -0.4 is 14.4 Å². The van der Waals surface area contributed by atoms with Crippen molar-refractivity contribution in [3.05, 3.63) is 58.6 Å². The number of methoxy groups -OCH3 is 1. The van der Waals surface area contributed by atoms with Gasteiger partial charge in [0, 0.05) is 25.6 Å². The molecule has 8 nitrogen and oxygen atoms in total. The first kappa shape index (κ1) is 29.5. The molecule has 0 bridgehead atoms. The summed E-state index contributed by atoms with van der Waals surface area (Å²) in [5.41, 5.74) is 2.39. The highest BCUT2D eigenvalue weighted by Crippen LogP contribution is 2.30. The number of carbonyl (C=O) groups excluding carboxylic acids is 2. The van der Waals surface area contributed by atoms with E-state index in [0.717, 1.165) is 17.4 Å². The monoisotopic (exact) mass is 537 g/mol. The number of hydrogen-bond donors (Lipinski definition) is 1. The zero-order valence-electron chi connectivity index (χ0n) is 21.7. The molecule has 0 saturated heterocycles. The highest BCUT2D eigenvalue weighted by Gasteiger charge is 2.27. The first-order valence-corrected chi connectivity index (χ1v) is 14.0. The van der Waals surface area contributed by atoms with Gasteiger partial charge in [0.05, 0.1) is 24.1 Å². The number of benzene rings is 2. The van der Waals surface area contributed by atoms with Crippen LogP contribution in [0.1, 0.15) is 44.7 Å². The van der Waals surface area contributed by atoms with Crippen molar-refractivity contribution < 1.29 is 22.7 Å². The number of rotatable bonds is 12. The Bertz CT molecular complexity index is 1150. The summed E-state index contributed by atoms with van der Waals surface area (Å²) < 4.78 is 31.3. The lowest BCUT2D eigenvalue weighted by atomic mass is 10.1. The molecule has 0 aliphatic heterocycles. The van der Waals surface area contributed by atoms with Crippen LogP contribution in [0.25, 0.3) is 0 Å². The molecule has 0 aliphatic carbocycles. The molecule has 10 heteroatoms. The Kier molecular flexibility index (Phi) is 10.6. The number of carbonyl (C=O) groups is 2. The van der Waals surface area contributed by atoms with E-state index < -0.39 is 16.1 Å². The SMILES string of the molecule is COc1ccc(N(CCCC(=O)N(Cc2ccc(C)cc2)[C@@H](C)C(=O)NC(C)C)S(C)(=O)=O)cc1Cl. The first-order chi connectivity index (χ1) is 16.8. The molecule has 0 saturated carbocycles. The summed E-state index contributed by atoms with van der Waals surface area (Å²) in [4.78, 5) is 27.5. The predicted octanol–water partition coefficient (Wildman–Crippen LogP) is 4.15. The van der Waals surface area contributed by atoms with Crippen LogP contribution in [0.15, 0.2) is 42.5 Å². The molecule has 0 radical (unpaired) electrons. The third kappa shape index (κ3) is 8.41. The lowest BCUT2D eigenvalue weighted by Gasteiger charge is -2.30. The van der Waals surface area contributed by atoms with E-state index in [-0.39, 0.29) is 48.8 Å². The summed E-state index contributed by atoms with van der Waals surface area (Å²) >= 11 is 6.19. The minimum absolute atomic E-state index is 0.0593. The molecule has 1 N–H and O–H groups in total. The van der Waals surface area contributed by atoms with Crippen molar-refractivity contribution in [1.82, 2.24) is 10.2 Å². The van der Waals surface area contributed by atoms with Crippen molar-refractivity contribution in [1.29, 1.82) is 0 Å². The van der Waals surface area contributed by atoms with Crippen molar-refractivity contribution in [2.24, 2.45) is 0 Å². The van der Waals surface area contributed by atoms with Gasteiger partial charge in [-0.1, -0.05) is 41.4 Å². The topological polar surface area (TPSA) is 96.0 Å². The lowest BCUT2D eigenvalue weighted by molar-refractivity contribution is -0.140. The van der Waals surface area contributed by atoms with Gasteiger partial charge in [-0.15, -0.1) is 0 Å². The number of nitrogens with zero attached hydrogens (tertiary/aromatic N) is 2. The number of anilines is 1. The molecular formula is C26H36ClN3O5S. The number of hydrogen-bond acceptors (Lipinski definition) is 5. The molecule has 2 aromatic carbocycles. The number of amides is 2. The van der Waals surface area contributed by atoms with Gasteiger partial charge in [-0.3, -0.25) is 13.9 Å². The van der Waals surface area contributed by atoms with Crippen LogP contribution in [-0.4, -0.2) is 57.1 Å². The summed E-state index contributed by atoms with van der Waals surface area (Å²) in [5, 5.41) is 3.15. The molecule has 0 spiro atoms. The van der Waals surface area contributed by atoms with E-state index in [1.807, 2.05) is 45.0 Å². The van der Waals surface area contributed by atoms with Gasteiger partial charge in [0.15, 0.2) is 0 Å². The van der Waals surface area contributed by atoms with Crippen LogP contribution in [0.3, 0.4) is 0 Å². The highest BCUT2D eigenvalue weighted by atomic mass is 35.5. The third-order valence-electron chi connectivity index (χ3n) is 5.65. The van der Waals surface area contributed by atoms with Crippen molar-refractivity contribution >= 4 is 39.1 Å². The van der Waals surface area contributed by atoms with E-state index in [1.54, 1.807) is 19.1 Å². The summed E-state index contributed by atoms with van der Waals surface area (Å²) in [5.74, 6) is -0.0382. The fraction of sp³-hybridized carbons (Fsp3) is 0.462. The third-order valence-corrected chi connectivity index (χ3v) is 7.14. The Morgan fingerprint density at radius 3 is 2.25 bits per heavy atom. The van der Waals surface area contributed by atoms with E-state index in [1.165, 1.54) is 22.4 Å². The first-order valence-electron chi connectivity index (χ1n) is 11.8. The smallest absolute Gasteiger partial charge is 0.242 e. The fourth-order valence-electron chi connectivity index (χ4n) is 3.69. The fourth-order valence-corrected chi connectivity index (χ4v) is 4.90. The minimum atomic E-state index is -3.62. The van der Waals surface area contributed by atoms with E-state index in [9.17, 15) is 18.0 Å². The van der Waals surface area contributed by atoms with Gasteiger partial charge in [0.2, 0.25) is 21.8 Å². The van der Waals surface area contributed by atoms with Crippen LogP contribution in [0.5, 0.6) is 5.75 Å². The molecule has 2 aromatic rings. The Morgan fingerprint density at radius 2 is 1.72 bits per heavy atom. The maximum Gasteiger partial charge on any atom is 0.242 e. The van der Waals surface area contributed by atoms with Crippen LogP contribution >= 0.6 is 11.6 Å². The summed E-state index contributed by atoms with van der Waals surface area (Å²) in [6.45, 7) is 7.76. The predicted molar refractivity (Wildman–Crippen MR) is 144 cm³/mol. The number of ether oxygens (including phenoxy) is 1. The largest absolute Gasteiger partial charge is 0.495 e. The molecule has 2 rings (SSSR count). The normalized spacial score (nSPS) is 12.2. The Labute approximate surface area is 219 Å². The van der Waals surface area contributed by atoms with Gasteiger partial charge in [-0.2, -0.15) is 0 Å². The van der Waals surface area contributed by atoms with Crippen molar-refractivity contribution in [3.63, 3.8) is 0 Å². The van der Waals surface area contributed by atoms with Crippen molar-refractivity contribution in [3.8, 4) is 5.75 Å². The minimum Gasteiger partial charge on any atom is -0.495 e. The Morgan fingerprint density at radius 1 is 1.08 bits per heavy atom. The van der Waals surface area contributed by atoms with E-state index in [2.05, 4.69) is 5.32 Å². The Hall–Kier alpha value is -2.78. The van der Waals surface area contributed by atoms with E-state index in [4.69, 9.17) is 16.3 Å². The lowest BCUT2D eigenvalue weighted by Crippen LogP contribution is -2.49. The van der Waals surface area contributed by atoms with Gasteiger partial charge in [0.25, 0.3) is 0 Å². The van der Waals surface area contributed by atoms with Gasteiger partial charge in [-0.05, 0) is 57.9 Å². The standard InChI is InChI=1S/C26H36ClN3O5S/c1-18(2)28-26(32)20(4)29(17-21-11-9-19(3)10-12-21)25(31)8-7-15-30(36(6,33)34)22-13-14-24(35-5)23(27)16-22/h9-14,16,18,20H,7-8,15,17H2,1-6H3,(H,28,32)/t20-/m0/s1. The van der Waals surface area contributed by atoms with Crippen LogP contribution in [0.4, 0.5) is 5.69 Å². The summed E-state index contributed by atoms with van der Waals surface area (Å²) in [6, 6.07) is 11.8. The van der Waals surface area contributed by atoms with E-state index >= 15 is 0 Å². The van der Waals surface area contributed by atoms with Gasteiger partial charge in [-0.25, -0.2) is 8.42 Å². The van der Waals surface area contributed by atoms with Gasteiger partial charge < -0.3 is 15.0 Å². The second-order valence-electron chi connectivity index (χ2n) is 9.10. The summed E-state index contributed by atoms with van der Waals surface area (Å²) in [6.07, 6.45) is 1.44. The molecule has 0 unspecified atom stereocenters. The van der Waals surface area contributed by atoms with Crippen LogP contribution in [0, 0.1) is 6.92 Å². The van der Waals surface area contributed by atoms with Gasteiger partial charge in [0.1, 0.15) is 11.8 Å². The molecule has 36 heavy (non-hydrogen) atoms. The second-order valence-corrected chi connectivity index (χ2v) is 11.4. The number of nitrogens with one attached hydrogen (secondary N) is 1. The zero-order valence-corrected chi connectivity index (χ0v) is 23.3.